The number of hydrogen-bond donors (Lipinski definition) is 0. The van der Waals surface area contributed by atoms with Crippen molar-refractivity contribution in [3.8, 4) is 28.8 Å². The van der Waals surface area contributed by atoms with Crippen molar-refractivity contribution in [3.05, 3.63) is 60.9 Å². The summed E-state index contributed by atoms with van der Waals surface area (Å²) in [7, 11) is 0. The highest BCUT2D eigenvalue weighted by molar-refractivity contribution is 5.87. The molecule has 4 aromatic rings. The van der Waals surface area contributed by atoms with Crippen molar-refractivity contribution in [3.63, 3.8) is 0 Å². The minimum absolute atomic E-state index is 0.188. The highest BCUT2D eigenvalue weighted by Gasteiger charge is 2.17. The maximum absolute atomic E-state index is 13.6. The fourth-order valence-corrected chi connectivity index (χ4v) is 2.59. The van der Waals surface area contributed by atoms with Gasteiger partial charge in [-0.15, -0.1) is 0 Å². The molecule has 0 bridgehead atoms. The predicted molar refractivity (Wildman–Crippen MR) is 97.4 cm³/mol. The highest BCUT2D eigenvalue weighted by atomic mass is 19.2. The summed E-state index contributed by atoms with van der Waals surface area (Å²) < 4.78 is 29.7. The van der Waals surface area contributed by atoms with E-state index in [2.05, 4.69) is 15.1 Å². The minimum Gasteiger partial charge on any atom is -0.459 e. The number of alkyl halides is 1. The van der Waals surface area contributed by atoms with E-state index >= 15 is 0 Å². The van der Waals surface area contributed by atoms with Crippen LogP contribution in [0.3, 0.4) is 0 Å². The van der Waals surface area contributed by atoms with Gasteiger partial charge in [-0.3, -0.25) is 0 Å². The molecule has 2 heterocycles. The molecular formula is C20H16FN3O3. The maximum atomic E-state index is 13.6. The van der Waals surface area contributed by atoms with Crippen molar-refractivity contribution in [2.24, 2.45) is 0 Å². The second-order valence-corrected chi connectivity index (χ2v) is 6.32. The van der Waals surface area contributed by atoms with E-state index in [1.54, 1.807) is 30.6 Å². The zero-order valence-corrected chi connectivity index (χ0v) is 14.7. The van der Waals surface area contributed by atoms with Crippen LogP contribution in [0, 0.1) is 0 Å². The third-order valence-corrected chi connectivity index (χ3v) is 3.72. The number of benzene rings is 2. The summed E-state index contributed by atoms with van der Waals surface area (Å²) in [5.74, 6) is -0.978. The number of hydrogen-bond acceptors (Lipinski definition) is 6. The van der Waals surface area contributed by atoms with Gasteiger partial charge in [-0.1, -0.05) is 18.2 Å². The maximum Gasteiger partial charge on any atom is 0.323 e. The van der Waals surface area contributed by atoms with E-state index in [1.807, 2.05) is 30.3 Å². The topological polar surface area (TPSA) is 70.3 Å². The van der Waals surface area contributed by atoms with Gasteiger partial charge in [-0.2, -0.15) is 4.39 Å². The zero-order valence-electron chi connectivity index (χ0n) is 14.7. The summed E-state index contributed by atoms with van der Waals surface area (Å²) >= 11 is 0. The molecule has 0 fully saturated rings. The summed E-state index contributed by atoms with van der Waals surface area (Å²) in [6.07, 6.45) is 3.16. The quantitative estimate of drug-likeness (QED) is 0.486. The molecule has 27 heavy (non-hydrogen) atoms. The Balaban J connectivity index is 1.64. The average Bonchev–Trinajstić information content (AvgIpc) is 3.04. The lowest BCUT2D eigenvalue weighted by molar-refractivity contribution is -0.0256. The molecule has 0 saturated carbocycles. The van der Waals surface area contributed by atoms with Crippen LogP contribution in [0.1, 0.15) is 13.8 Å². The summed E-state index contributed by atoms with van der Waals surface area (Å²) in [6, 6.07) is 14.7. The number of fused-ring (bicyclic) bond motifs is 1. The van der Waals surface area contributed by atoms with Crippen molar-refractivity contribution in [2.75, 3.05) is 0 Å². The van der Waals surface area contributed by atoms with Gasteiger partial charge in [0, 0.05) is 26.2 Å². The second-order valence-electron chi connectivity index (χ2n) is 6.32. The van der Waals surface area contributed by atoms with E-state index in [9.17, 15) is 4.39 Å². The molecule has 136 valence electrons. The van der Waals surface area contributed by atoms with Gasteiger partial charge in [0.2, 0.25) is 5.85 Å². The molecule has 0 amide bonds. The highest BCUT2D eigenvalue weighted by Crippen LogP contribution is 2.32. The first-order valence-electron chi connectivity index (χ1n) is 8.31. The van der Waals surface area contributed by atoms with Crippen LogP contribution < -0.4 is 9.47 Å². The molecule has 2 aromatic carbocycles. The SMILES string of the molecule is CC(C)(F)Oc1ccc(-c2ccc3onc(Oc4ncccn4)c3c2)cc1. The van der Waals surface area contributed by atoms with Crippen LogP contribution in [0.2, 0.25) is 0 Å². The Hall–Kier alpha value is -3.48. The molecule has 6 nitrogen and oxygen atoms in total. The molecule has 0 aliphatic heterocycles. The predicted octanol–water partition coefficient (Wildman–Crippen LogP) is 5.16. The van der Waals surface area contributed by atoms with Crippen molar-refractivity contribution in [2.45, 2.75) is 19.7 Å². The molecule has 0 radical (unpaired) electrons. The van der Waals surface area contributed by atoms with Crippen LogP contribution in [0.4, 0.5) is 4.39 Å². The first-order chi connectivity index (χ1) is 13.0. The van der Waals surface area contributed by atoms with Crippen LogP contribution in [-0.4, -0.2) is 21.0 Å². The van der Waals surface area contributed by atoms with Crippen molar-refractivity contribution < 1.29 is 18.4 Å². The third kappa shape index (κ3) is 3.87. The summed E-state index contributed by atoms with van der Waals surface area (Å²) in [5, 5.41) is 4.64. The Bertz CT molecular complexity index is 1060. The number of nitrogens with zero attached hydrogens (tertiary/aromatic N) is 3. The van der Waals surface area contributed by atoms with Gasteiger partial charge in [-0.05, 0) is 46.6 Å². The molecule has 0 saturated heterocycles. The lowest BCUT2D eigenvalue weighted by Gasteiger charge is -2.17. The molecule has 0 spiro atoms. The van der Waals surface area contributed by atoms with Crippen LogP contribution in [0.5, 0.6) is 17.6 Å². The molecule has 0 atom stereocenters. The van der Waals surface area contributed by atoms with Gasteiger partial charge in [0.1, 0.15) is 5.75 Å². The Kier molecular flexibility index (Phi) is 4.19. The number of halogens is 1. The van der Waals surface area contributed by atoms with Crippen LogP contribution in [0.25, 0.3) is 22.1 Å². The molecule has 0 aliphatic rings. The molecule has 4 rings (SSSR count). The molecular weight excluding hydrogens is 349 g/mol. The van der Waals surface area contributed by atoms with Crippen LogP contribution >= 0.6 is 0 Å². The van der Waals surface area contributed by atoms with Crippen molar-refractivity contribution in [1.29, 1.82) is 0 Å². The minimum atomic E-state index is -1.73. The summed E-state index contributed by atoms with van der Waals surface area (Å²) in [6.45, 7) is 2.72. The van der Waals surface area contributed by atoms with E-state index in [0.29, 0.717) is 16.7 Å². The Morgan fingerprint density at radius 1 is 0.963 bits per heavy atom. The van der Waals surface area contributed by atoms with E-state index in [4.69, 9.17) is 14.0 Å². The molecule has 0 N–H and O–H groups in total. The average molecular weight is 365 g/mol. The van der Waals surface area contributed by atoms with Crippen molar-refractivity contribution >= 4 is 11.0 Å². The van der Waals surface area contributed by atoms with Crippen LogP contribution in [0.15, 0.2) is 65.4 Å². The van der Waals surface area contributed by atoms with E-state index in [0.717, 1.165) is 11.1 Å². The molecule has 0 aliphatic carbocycles. The van der Waals surface area contributed by atoms with Gasteiger partial charge in [0.05, 0.1) is 5.39 Å². The normalized spacial score (nSPS) is 11.5. The lowest BCUT2D eigenvalue weighted by atomic mass is 10.0. The second kappa shape index (κ2) is 6.68. The van der Waals surface area contributed by atoms with Gasteiger partial charge in [-0.25, -0.2) is 9.97 Å². The summed E-state index contributed by atoms with van der Waals surface area (Å²) in [4.78, 5) is 8.04. The van der Waals surface area contributed by atoms with Gasteiger partial charge >= 0.3 is 6.01 Å². The standard InChI is InChI=1S/C20H16FN3O3/c1-20(2,21)26-15-7-4-13(5-8-15)14-6-9-17-16(12-14)18(24-27-17)25-19-22-10-3-11-23-19/h3-12H,1-2H3. The third-order valence-electron chi connectivity index (χ3n) is 3.72. The molecule has 0 unspecified atom stereocenters. The summed E-state index contributed by atoms with van der Waals surface area (Å²) in [5.41, 5.74) is 2.45. The van der Waals surface area contributed by atoms with Crippen LogP contribution in [-0.2, 0) is 0 Å². The van der Waals surface area contributed by atoms with Gasteiger partial charge in [0.25, 0.3) is 5.88 Å². The first kappa shape index (κ1) is 17.0. The Morgan fingerprint density at radius 3 is 2.37 bits per heavy atom. The number of rotatable bonds is 5. The largest absolute Gasteiger partial charge is 0.459 e. The monoisotopic (exact) mass is 365 g/mol. The fraction of sp³-hybridized carbons (Fsp3) is 0.150. The zero-order chi connectivity index (χ0) is 18.9. The Labute approximate surface area is 154 Å². The fourth-order valence-electron chi connectivity index (χ4n) is 2.59. The molecule has 2 aromatic heterocycles. The van der Waals surface area contributed by atoms with E-state index < -0.39 is 5.85 Å². The Morgan fingerprint density at radius 2 is 1.67 bits per heavy atom. The number of aromatic nitrogens is 3. The first-order valence-corrected chi connectivity index (χ1v) is 8.31. The van der Waals surface area contributed by atoms with E-state index in [-0.39, 0.29) is 11.9 Å². The smallest absolute Gasteiger partial charge is 0.323 e. The van der Waals surface area contributed by atoms with Gasteiger partial charge in [0.15, 0.2) is 5.58 Å². The number of ether oxygens (including phenoxy) is 2. The van der Waals surface area contributed by atoms with Gasteiger partial charge < -0.3 is 14.0 Å². The van der Waals surface area contributed by atoms with E-state index in [1.165, 1.54) is 13.8 Å². The molecule has 7 heteroatoms. The lowest BCUT2D eigenvalue weighted by Crippen LogP contribution is -2.20. The van der Waals surface area contributed by atoms with Crippen molar-refractivity contribution in [1.82, 2.24) is 15.1 Å².